The van der Waals surface area contributed by atoms with Crippen molar-refractivity contribution < 1.29 is 4.79 Å². The fourth-order valence-electron chi connectivity index (χ4n) is 2.07. The maximum atomic E-state index is 12.4. The summed E-state index contributed by atoms with van der Waals surface area (Å²) in [6.45, 7) is 0.655. The van der Waals surface area contributed by atoms with Gasteiger partial charge in [-0.2, -0.15) is 0 Å². The van der Waals surface area contributed by atoms with E-state index in [1.54, 1.807) is 11.1 Å². The molecule has 0 aliphatic carbocycles. The van der Waals surface area contributed by atoms with Crippen molar-refractivity contribution in [3.63, 3.8) is 0 Å². The Balaban J connectivity index is 2.00. The summed E-state index contributed by atoms with van der Waals surface area (Å²) in [5, 5.41) is 0. The fraction of sp³-hybridized carbons (Fsp3) is 0.294. The monoisotopic (exact) mass is 283 g/mol. The summed E-state index contributed by atoms with van der Waals surface area (Å²) >= 11 is 0. The number of amides is 1. The molecule has 2 rings (SSSR count). The minimum atomic E-state index is 0.0367. The van der Waals surface area contributed by atoms with E-state index >= 15 is 0 Å². The molecule has 0 unspecified atom stereocenters. The van der Waals surface area contributed by atoms with Crippen LogP contribution in [0.2, 0.25) is 0 Å². The zero-order valence-corrected chi connectivity index (χ0v) is 12.8. The molecule has 0 saturated carbocycles. The largest absolute Gasteiger partial charge is 0.378 e. The van der Waals surface area contributed by atoms with Crippen LogP contribution in [-0.4, -0.2) is 43.5 Å². The van der Waals surface area contributed by atoms with Crippen molar-refractivity contribution in [2.75, 3.05) is 32.6 Å². The van der Waals surface area contributed by atoms with Crippen LogP contribution in [0.5, 0.6) is 0 Å². The SMILES string of the molecule is CN(CCc1ccccn1)C(=O)c1cccc(N(C)C)c1. The van der Waals surface area contributed by atoms with E-state index in [9.17, 15) is 4.79 Å². The molecule has 0 fully saturated rings. The van der Waals surface area contributed by atoms with Gasteiger partial charge in [-0.25, -0.2) is 0 Å². The molecule has 1 amide bonds. The van der Waals surface area contributed by atoms with Gasteiger partial charge in [0.25, 0.3) is 5.91 Å². The Morgan fingerprint density at radius 1 is 1.10 bits per heavy atom. The standard InChI is InChI=1S/C17H21N3O/c1-19(2)16-9-6-7-14(13-16)17(21)20(3)12-10-15-8-4-5-11-18-15/h4-9,11,13H,10,12H2,1-3H3. The number of carbonyl (C=O) groups excluding carboxylic acids is 1. The molecule has 1 aromatic carbocycles. The van der Waals surface area contributed by atoms with Gasteiger partial charge in [0.1, 0.15) is 0 Å². The van der Waals surface area contributed by atoms with Gasteiger partial charge in [0.05, 0.1) is 0 Å². The lowest BCUT2D eigenvalue weighted by Crippen LogP contribution is -2.29. The Kier molecular flexibility index (Phi) is 4.93. The van der Waals surface area contributed by atoms with Crippen LogP contribution in [0.3, 0.4) is 0 Å². The highest BCUT2D eigenvalue weighted by atomic mass is 16.2. The Morgan fingerprint density at radius 2 is 1.90 bits per heavy atom. The third-order valence-corrected chi connectivity index (χ3v) is 3.39. The molecule has 4 heteroatoms. The van der Waals surface area contributed by atoms with Crippen LogP contribution in [0.4, 0.5) is 5.69 Å². The van der Waals surface area contributed by atoms with E-state index in [0.29, 0.717) is 12.1 Å². The van der Waals surface area contributed by atoms with E-state index in [-0.39, 0.29) is 5.91 Å². The van der Waals surface area contributed by atoms with E-state index in [2.05, 4.69) is 4.98 Å². The first-order chi connectivity index (χ1) is 10.1. The fourth-order valence-corrected chi connectivity index (χ4v) is 2.07. The number of hydrogen-bond acceptors (Lipinski definition) is 3. The average molecular weight is 283 g/mol. The molecule has 1 aromatic heterocycles. The van der Waals surface area contributed by atoms with Gasteiger partial charge >= 0.3 is 0 Å². The van der Waals surface area contributed by atoms with E-state index < -0.39 is 0 Å². The zero-order chi connectivity index (χ0) is 15.2. The van der Waals surface area contributed by atoms with E-state index in [0.717, 1.165) is 17.8 Å². The quantitative estimate of drug-likeness (QED) is 0.846. The molecule has 21 heavy (non-hydrogen) atoms. The third kappa shape index (κ3) is 4.05. The summed E-state index contributed by atoms with van der Waals surface area (Å²) in [6.07, 6.45) is 2.54. The smallest absolute Gasteiger partial charge is 0.253 e. The minimum Gasteiger partial charge on any atom is -0.378 e. The highest BCUT2D eigenvalue weighted by Crippen LogP contribution is 2.14. The van der Waals surface area contributed by atoms with Crippen molar-refractivity contribution in [2.24, 2.45) is 0 Å². The molecular formula is C17H21N3O. The number of nitrogens with zero attached hydrogens (tertiary/aromatic N) is 3. The van der Waals surface area contributed by atoms with E-state index in [1.165, 1.54) is 0 Å². The maximum Gasteiger partial charge on any atom is 0.253 e. The first kappa shape index (κ1) is 15.0. The molecule has 110 valence electrons. The van der Waals surface area contributed by atoms with E-state index in [4.69, 9.17) is 0 Å². The third-order valence-electron chi connectivity index (χ3n) is 3.39. The molecular weight excluding hydrogens is 262 g/mol. The topological polar surface area (TPSA) is 36.4 Å². The van der Waals surface area contributed by atoms with Crippen molar-refractivity contribution in [3.05, 3.63) is 59.9 Å². The molecule has 0 radical (unpaired) electrons. The zero-order valence-electron chi connectivity index (χ0n) is 12.8. The van der Waals surface area contributed by atoms with Gasteiger partial charge in [-0.3, -0.25) is 9.78 Å². The minimum absolute atomic E-state index is 0.0367. The lowest BCUT2D eigenvalue weighted by atomic mass is 10.1. The second kappa shape index (κ2) is 6.88. The van der Waals surface area contributed by atoms with Gasteiger partial charge in [-0.05, 0) is 30.3 Å². The Morgan fingerprint density at radius 3 is 2.57 bits per heavy atom. The molecule has 1 heterocycles. The van der Waals surface area contributed by atoms with Gasteiger partial charge < -0.3 is 9.80 Å². The van der Waals surface area contributed by atoms with Crippen molar-refractivity contribution in [1.82, 2.24) is 9.88 Å². The molecule has 0 spiro atoms. The summed E-state index contributed by atoms with van der Waals surface area (Å²) in [5.41, 5.74) is 2.74. The molecule has 2 aromatic rings. The summed E-state index contributed by atoms with van der Waals surface area (Å²) in [7, 11) is 5.76. The average Bonchev–Trinajstić information content (AvgIpc) is 2.53. The number of benzene rings is 1. The first-order valence-electron chi connectivity index (χ1n) is 7.00. The van der Waals surface area contributed by atoms with Gasteiger partial charge in [-0.15, -0.1) is 0 Å². The lowest BCUT2D eigenvalue weighted by Gasteiger charge is -2.18. The second-order valence-electron chi connectivity index (χ2n) is 5.24. The summed E-state index contributed by atoms with van der Waals surface area (Å²) in [4.78, 5) is 20.4. The van der Waals surface area contributed by atoms with Gasteiger partial charge in [0.15, 0.2) is 0 Å². The van der Waals surface area contributed by atoms with E-state index in [1.807, 2.05) is 68.5 Å². The van der Waals surface area contributed by atoms with Crippen molar-refractivity contribution >= 4 is 11.6 Å². The Labute approximate surface area is 126 Å². The van der Waals surface area contributed by atoms with Crippen molar-refractivity contribution in [2.45, 2.75) is 6.42 Å². The number of anilines is 1. The molecule has 0 saturated heterocycles. The maximum absolute atomic E-state index is 12.4. The number of likely N-dealkylation sites (N-methyl/N-ethyl adjacent to an activating group) is 1. The van der Waals surface area contributed by atoms with Crippen LogP contribution in [0, 0.1) is 0 Å². The van der Waals surface area contributed by atoms with Crippen LogP contribution in [0.15, 0.2) is 48.7 Å². The predicted octanol–water partition coefficient (Wildman–Crippen LogP) is 2.46. The predicted molar refractivity (Wildman–Crippen MR) is 85.7 cm³/mol. The number of hydrogen-bond donors (Lipinski definition) is 0. The van der Waals surface area contributed by atoms with Gasteiger partial charge in [0.2, 0.25) is 0 Å². The number of carbonyl (C=O) groups is 1. The first-order valence-corrected chi connectivity index (χ1v) is 7.00. The number of aromatic nitrogens is 1. The van der Waals surface area contributed by atoms with Crippen molar-refractivity contribution in [3.8, 4) is 0 Å². The van der Waals surface area contributed by atoms with Gasteiger partial charge in [0, 0.05) is 57.3 Å². The van der Waals surface area contributed by atoms with Crippen LogP contribution in [0.1, 0.15) is 16.1 Å². The van der Waals surface area contributed by atoms with Crippen molar-refractivity contribution in [1.29, 1.82) is 0 Å². The van der Waals surface area contributed by atoms with Crippen LogP contribution >= 0.6 is 0 Å². The molecule has 0 bridgehead atoms. The Hall–Kier alpha value is -2.36. The van der Waals surface area contributed by atoms with Crippen LogP contribution in [-0.2, 0) is 6.42 Å². The Bertz CT molecular complexity index is 596. The highest BCUT2D eigenvalue weighted by molar-refractivity contribution is 5.95. The summed E-state index contributed by atoms with van der Waals surface area (Å²) < 4.78 is 0. The molecule has 4 nitrogen and oxygen atoms in total. The normalized spacial score (nSPS) is 10.2. The second-order valence-corrected chi connectivity index (χ2v) is 5.24. The van der Waals surface area contributed by atoms with Gasteiger partial charge in [-0.1, -0.05) is 12.1 Å². The summed E-state index contributed by atoms with van der Waals surface area (Å²) in [6, 6.07) is 13.5. The molecule has 0 atom stereocenters. The van der Waals surface area contributed by atoms with Crippen LogP contribution < -0.4 is 4.90 Å². The summed E-state index contributed by atoms with van der Waals surface area (Å²) in [5.74, 6) is 0.0367. The lowest BCUT2D eigenvalue weighted by molar-refractivity contribution is 0.0796. The number of pyridine rings is 1. The molecule has 0 N–H and O–H groups in total. The number of rotatable bonds is 5. The van der Waals surface area contributed by atoms with Crippen LogP contribution in [0.25, 0.3) is 0 Å². The molecule has 0 aliphatic rings. The highest BCUT2D eigenvalue weighted by Gasteiger charge is 2.12. The molecule has 0 aliphatic heterocycles.